The monoisotopic (exact) mass is 301 g/mol. The number of anilines is 1. The molecule has 0 spiro atoms. The molecule has 0 saturated carbocycles. The zero-order valence-corrected chi connectivity index (χ0v) is 12.4. The van der Waals surface area contributed by atoms with Crippen molar-refractivity contribution in [2.75, 3.05) is 5.73 Å². The Labute approximate surface area is 133 Å². The first-order valence-electron chi connectivity index (χ1n) is 7.37. The number of nitrogens with zero attached hydrogens (tertiary/aromatic N) is 4. The SMILES string of the molecule is Nc1ncccc1Cn1ccnc1-c1cccc2ncccc12. The molecule has 0 saturated heterocycles. The third-order valence-electron chi connectivity index (χ3n) is 3.87. The summed E-state index contributed by atoms with van der Waals surface area (Å²) in [4.78, 5) is 13.1. The molecule has 0 aliphatic heterocycles. The number of pyridine rings is 2. The van der Waals surface area contributed by atoms with Crippen LogP contribution in [0.1, 0.15) is 5.56 Å². The fourth-order valence-corrected chi connectivity index (χ4v) is 2.75. The summed E-state index contributed by atoms with van der Waals surface area (Å²) in [7, 11) is 0. The molecule has 0 radical (unpaired) electrons. The van der Waals surface area contributed by atoms with Gasteiger partial charge in [0.1, 0.15) is 11.6 Å². The van der Waals surface area contributed by atoms with Crippen LogP contribution in [0.4, 0.5) is 5.82 Å². The van der Waals surface area contributed by atoms with Crippen LogP contribution in [-0.2, 0) is 6.54 Å². The highest BCUT2D eigenvalue weighted by atomic mass is 15.1. The van der Waals surface area contributed by atoms with Gasteiger partial charge in [-0.3, -0.25) is 4.98 Å². The summed E-state index contributed by atoms with van der Waals surface area (Å²) in [6.45, 7) is 0.631. The molecule has 5 heteroatoms. The molecule has 0 unspecified atom stereocenters. The molecule has 0 fully saturated rings. The van der Waals surface area contributed by atoms with E-state index in [2.05, 4.69) is 31.7 Å². The highest BCUT2D eigenvalue weighted by Crippen LogP contribution is 2.27. The van der Waals surface area contributed by atoms with Gasteiger partial charge < -0.3 is 10.3 Å². The van der Waals surface area contributed by atoms with Gasteiger partial charge >= 0.3 is 0 Å². The van der Waals surface area contributed by atoms with E-state index in [9.17, 15) is 0 Å². The lowest BCUT2D eigenvalue weighted by atomic mass is 10.1. The molecule has 112 valence electrons. The molecular formula is C18H15N5. The Bertz CT molecular complexity index is 968. The van der Waals surface area contributed by atoms with E-state index in [1.807, 2.05) is 36.5 Å². The highest BCUT2D eigenvalue weighted by molar-refractivity contribution is 5.92. The number of hydrogen-bond donors (Lipinski definition) is 1. The van der Waals surface area contributed by atoms with E-state index in [0.29, 0.717) is 12.4 Å². The van der Waals surface area contributed by atoms with Crippen molar-refractivity contribution in [3.8, 4) is 11.4 Å². The van der Waals surface area contributed by atoms with Crippen LogP contribution in [0, 0.1) is 0 Å². The van der Waals surface area contributed by atoms with Gasteiger partial charge in [-0.1, -0.05) is 24.3 Å². The Hall–Kier alpha value is -3.21. The standard InChI is InChI=1S/C18H15N5/c19-17-13(4-2-9-21-17)12-23-11-10-22-18(23)15-5-1-7-16-14(15)6-3-8-20-16/h1-11H,12H2,(H2,19,21). The van der Waals surface area contributed by atoms with Gasteiger partial charge in [-0.25, -0.2) is 9.97 Å². The van der Waals surface area contributed by atoms with Gasteiger partial charge in [0.2, 0.25) is 0 Å². The zero-order chi connectivity index (χ0) is 15.6. The maximum Gasteiger partial charge on any atom is 0.140 e. The molecule has 2 N–H and O–H groups in total. The Morgan fingerprint density at radius 2 is 1.74 bits per heavy atom. The van der Waals surface area contributed by atoms with E-state index in [1.54, 1.807) is 18.6 Å². The van der Waals surface area contributed by atoms with Crippen LogP contribution in [0.5, 0.6) is 0 Å². The van der Waals surface area contributed by atoms with Crippen molar-refractivity contribution >= 4 is 16.7 Å². The predicted octanol–water partition coefficient (Wildman–Crippen LogP) is 3.12. The van der Waals surface area contributed by atoms with Crippen molar-refractivity contribution in [2.24, 2.45) is 0 Å². The Kier molecular flexibility index (Phi) is 3.24. The van der Waals surface area contributed by atoms with E-state index in [-0.39, 0.29) is 0 Å². The number of aromatic nitrogens is 4. The molecule has 3 heterocycles. The van der Waals surface area contributed by atoms with Gasteiger partial charge in [-0.05, 0) is 18.2 Å². The summed E-state index contributed by atoms with van der Waals surface area (Å²) >= 11 is 0. The van der Waals surface area contributed by atoms with Gasteiger partial charge in [-0.15, -0.1) is 0 Å². The summed E-state index contributed by atoms with van der Waals surface area (Å²) in [6, 6.07) is 14.0. The second-order valence-electron chi connectivity index (χ2n) is 5.30. The van der Waals surface area contributed by atoms with Crippen molar-refractivity contribution in [3.63, 3.8) is 0 Å². The molecule has 5 nitrogen and oxygen atoms in total. The van der Waals surface area contributed by atoms with Crippen molar-refractivity contribution in [1.29, 1.82) is 0 Å². The number of fused-ring (bicyclic) bond motifs is 1. The lowest BCUT2D eigenvalue weighted by Gasteiger charge is -2.11. The smallest absolute Gasteiger partial charge is 0.140 e. The summed E-state index contributed by atoms with van der Waals surface area (Å²) in [5.41, 5.74) is 8.96. The molecular weight excluding hydrogens is 286 g/mol. The Morgan fingerprint density at radius 3 is 2.65 bits per heavy atom. The van der Waals surface area contributed by atoms with Crippen LogP contribution in [0.3, 0.4) is 0 Å². The normalized spacial score (nSPS) is 11.0. The second-order valence-corrected chi connectivity index (χ2v) is 5.30. The first-order valence-corrected chi connectivity index (χ1v) is 7.37. The fraction of sp³-hybridized carbons (Fsp3) is 0.0556. The van der Waals surface area contributed by atoms with E-state index in [1.165, 1.54) is 0 Å². The van der Waals surface area contributed by atoms with Gasteiger partial charge in [0.25, 0.3) is 0 Å². The molecule has 0 bridgehead atoms. The summed E-state index contributed by atoms with van der Waals surface area (Å²) in [5.74, 6) is 1.44. The number of hydrogen-bond acceptors (Lipinski definition) is 4. The van der Waals surface area contributed by atoms with E-state index in [4.69, 9.17) is 5.73 Å². The quantitative estimate of drug-likeness (QED) is 0.631. The molecule has 1 aromatic carbocycles. The summed E-state index contributed by atoms with van der Waals surface area (Å²) in [5, 5.41) is 1.08. The minimum absolute atomic E-state index is 0.548. The maximum atomic E-state index is 5.96. The average molecular weight is 301 g/mol. The van der Waals surface area contributed by atoms with Crippen molar-refractivity contribution in [1.82, 2.24) is 19.5 Å². The Morgan fingerprint density at radius 1 is 0.870 bits per heavy atom. The van der Waals surface area contributed by atoms with Crippen molar-refractivity contribution in [2.45, 2.75) is 6.54 Å². The lowest BCUT2D eigenvalue weighted by Crippen LogP contribution is -2.05. The fourth-order valence-electron chi connectivity index (χ4n) is 2.75. The van der Waals surface area contributed by atoms with Crippen LogP contribution in [0.2, 0.25) is 0 Å². The maximum absolute atomic E-state index is 5.96. The first-order chi connectivity index (χ1) is 11.3. The van der Waals surface area contributed by atoms with Crippen LogP contribution in [0.25, 0.3) is 22.3 Å². The number of imidazole rings is 1. The number of benzene rings is 1. The molecule has 23 heavy (non-hydrogen) atoms. The number of nitrogen functional groups attached to an aromatic ring is 1. The molecule has 0 amide bonds. The minimum Gasteiger partial charge on any atom is -0.383 e. The highest BCUT2D eigenvalue weighted by Gasteiger charge is 2.11. The van der Waals surface area contributed by atoms with E-state index < -0.39 is 0 Å². The molecule has 0 atom stereocenters. The molecule has 4 rings (SSSR count). The largest absolute Gasteiger partial charge is 0.383 e. The number of nitrogens with two attached hydrogens (primary N) is 1. The minimum atomic E-state index is 0.548. The predicted molar refractivity (Wildman–Crippen MR) is 90.7 cm³/mol. The summed E-state index contributed by atoms with van der Waals surface area (Å²) < 4.78 is 2.08. The lowest BCUT2D eigenvalue weighted by molar-refractivity contribution is 0.806. The van der Waals surface area contributed by atoms with Gasteiger partial charge in [0, 0.05) is 41.3 Å². The van der Waals surface area contributed by atoms with E-state index >= 15 is 0 Å². The van der Waals surface area contributed by atoms with Crippen LogP contribution in [0.15, 0.2) is 67.3 Å². The third kappa shape index (κ3) is 2.42. The van der Waals surface area contributed by atoms with Crippen LogP contribution in [-0.4, -0.2) is 19.5 Å². The summed E-state index contributed by atoms with van der Waals surface area (Å²) in [6.07, 6.45) is 7.26. The topological polar surface area (TPSA) is 69.6 Å². The zero-order valence-electron chi connectivity index (χ0n) is 12.4. The van der Waals surface area contributed by atoms with Gasteiger partial charge in [0.15, 0.2) is 0 Å². The first kappa shape index (κ1) is 13.5. The van der Waals surface area contributed by atoms with Gasteiger partial charge in [-0.2, -0.15) is 0 Å². The Balaban J connectivity index is 1.82. The third-order valence-corrected chi connectivity index (χ3v) is 3.87. The number of rotatable bonds is 3. The molecule has 0 aliphatic carbocycles. The molecule has 4 aromatic rings. The average Bonchev–Trinajstić information content (AvgIpc) is 3.04. The van der Waals surface area contributed by atoms with Crippen molar-refractivity contribution in [3.05, 3.63) is 72.8 Å². The second kappa shape index (κ2) is 5.53. The van der Waals surface area contributed by atoms with Crippen molar-refractivity contribution < 1.29 is 0 Å². The van der Waals surface area contributed by atoms with E-state index in [0.717, 1.165) is 27.9 Å². The molecule has 3 aromatic heterocycles. The van der Waals surface area contributed by atoms with Gasteiger partial charge in [0.05, 0.1) is 12.1 Å². The van der Waals surface area contributed by atoms with Crippen LogP contribution >= 0.6 is 0 Å². The molecule has 0 aliphatic rings. The van der Waals surface area contributed by atoms with Crippen LogP contribution < -0.4 is 5.73 Å².